The molecule has 272 valence electrons. The molecule has 5 aliphatic heterocycles. The minimum atomic E-state index is -0.806. The predicted molar refractivity (Wildman–Crippen MR) is 174 cm³/mol. The van der Waals surface area contributed by atoms with Crippen LogP contribution in [0.1, 0.15) is 120 Å². The third-order valence-corrected chi connectivity index (χ3v) is 13.1. The summed E-state index contributed by atoms with van der Waals surface area (Å²) in [6, 6.07) is 0. The van der Waals surface area contributed by atoms with Gasteiger partial charge in [-0.1, -0.05) is 48.5 Å². The largest absolute Gasteiger partial charge is 0.393 e. The van der Waals surface area contributed by atoms with Crippen molar-refractivity contribution in [1.29, 1.82) is 0 Å². The van der Waals surface area contributed by atoms with Crippen LogP contribution in [0.25, 0.3) is 0 Å². The lowest BCUT2D eigenvalue weighted by atomic mass is 9.77. The van der Waals surface area contributed by atoms with E-state index in [0.717, 1.165) is 51.4 Å². The molecule has 5 saturated heterocycles. The molecule has 0 saturated carbocycles. The molecule has 1 unspecified atom stereocenters. The topological polar surface area (TPSA) is 130 Å². The molecule has 0 aliphatic carbocycles. The van der Waals surface area contributed by atoms with Crippen LogP contribution in [0.4, 0.5) is 0 Å². The standard InChI is InChI=1S/C36H64O8.CO2/c1-11-27(39-10)25(7)31-24(6)26(38)19-36(43-31)16-15-33(8,44-36)29-13-14-35(12-2,41-29)32-22(4)18-28(40-32)30-21(3)17-23(5)34(9,20-37)42-30;2-1-3/h21-32,37-38H,11-20H2,1-10H3;/t21-,22-,23+,24+,25-,26-,27-,28?,29+,30-,31-,32+,33-,34-,35-,36+;/m0./s1. The Morgan fingerprint density at radius 3 is 2.26 bits per heavy atom. The number of hydrogen-bond donors (Lipinski definition) is 2. The number of rotatable bonds is 9. The third kappa shape index (κ3) is 7.43. The molecule has 0 aromatic rings. The molecular formula is C37H64O10. The zero-order valence-electron chi connectivity index (χ0n) is 30.7. The summed E-state index contributed by atoms with van der Waals surface area (Å²) in [7, 11) is 1.76. The molecule has 0 amide bonds. The molecule has 0 radical (unpaired) electrons. The molecule has 5 heterocycles. The summed E-state index contributed by atoms with van der Waals surface area (Å²) >= 11 is 0. The summed E-state index contributed by atoms with van der Waals surface area (Å²) in [5, 5.41) is 21.4. The summed E-state index contributed by atoms with van der Waals surface area (Å²) in [6.45, 7) is 19.6. The second kappa shape index (κ2) is 15.1. The van der Waals surface area contributed by atoms with E-state index in [1.165, 1.54) is 0 Å². The van der Waals surface area contributed by atoms with E-state index in [4.69, 9.17) is 38.0 Å². The van der Waals surface area contributed by atoms with Gasteiger partial charge in [-0.2, -0.15) is 9.59 Å². The predicted octanol–water partition coefficient (Wildman–Crippen LogP) is 5.45. The van der Waals surface area contributed by atoms with Crippen molar-refractivity contribution in [3.8, 4) is 0 Å². The molecule has 0 aromatic carbocycles. The Bertz CT molecular complexity index is 1060. The summed E-state index contributed by atoms with van der Waals surface area (Å²) < 4.78 is 40.4. The molecule has 0 bridgehead atoms. The Balaban J connectivity index is 0.00000160. The Kier molecular flexibility index (Phi) is 12.5. The van der Waals surface area contributed by atoms with Gasteiger partial charge in [-0.25, -0.2) is 0 Å². The van der Waals surface area contributed by atoms with Crippen LogP contribution in [0.5, 0.6) is 0 Å². The fourth-order valence-corrected chi connectivity index (χ4v) is 9.82. The fourth-order valence-electron chi connectivity index (χ4n) is 9.82. The van der Waals surface area contributed by atoms with Crippen molar-refractivity contribution in [3.63, 3.8) is 0 Å². The molecule has 2 N–H and O–H groups in total. The van der Waals surface area contributed by atoms with Crippen molar-refractivity contribution in [2.24, 2.45) is 29.6 Å². The number of hydrogen-bond acceptors (Lipinski definition) is 10. The van der Waals surface area contributed by atoms with Crippen molar-refractivity contribution in [1.82, 2.24) is 0 Å². The van der Waals surface area contributed by atoms with Crippen molar-refractivity contribution in [2.75, 3.05) is 13.7 Å². The van der Waals surface area contributed by atoms with E-state index in [0.29, 0.717) is 24.2 Å². The highest BCUT2D eigenvalue weighted by Crippen LogP contribution is 2.55. The van der Waals surface area contributed by atoms with Gasteiger partial charge in [-0.3, -0.25) is 0 Å². The highest BCUT2D eigenvalue weighted by atomic mass is 16.7. The molecule has 10 heteroatoms. The van der Waals surface area contributed by atoms with Gasteiger partial charge in [-0.15, -0.1) is 0 Å². The smallest absolute Gasteiger partial charge is 0.373 e. The van der Waals surface area contributed by atoms with E-state index >= 15 is 0 Å². The summed E-state index contributed by atoms with van der Waals surface area (Å²) in [5.41, 5.74) is -1.41. The Morgan fingerprint density at radius 1 is 0.979 bits per heavy atom. The van der Waals surface area contributed by atoms with E-state index < -0.39 is 23.1 Å². The number of carbonyl (C=O) groups excluding carboxylic acids is 2. The van der Waals surface area contributed by atoms with Gasteiger partial charge in [0.2, 0.25) is 0 Å². The van der Waals surface area contributed by atoms with E-state index in [1.54, 1.807) is 7.11 Å². The van der Waals surface area contributed by atoms with Crippen LogP contribution >= 0.6 is 0 Å². The average molecular weight is 669 g/mol. The van der Waals surface area contributed by atoms with E-state index in [-0.39, 0.29) is 66.8 Å². The fraction of sp³-hybridized carbons (Fsp3) is 0.973. The van der Waals surface area contributed by atoms with E-state index in [1.807, 2.05) is 6.92 Å². The molecule has 0 aromatic heterocycles. The molecule has 5 rings (SSSR count). The maximum absolute atomic E-state index is 11.2. The highest BCUT2D eigenvalue weighted by Gasteiger charge is 2.62. The zero-order chi connectivity index (χ0) is 34.9. The maximum atomic E-state index is 11.2. The molecule has 10 nitrogen and oxygen atoms in total. The summed E-state index contributed by atoms with van der Waals surface area (Å²) in [5.74, 6) is 0.350. The first-order valence-corrected chi connectivity index (χ1v) is 18.3. The van der Waals surface area contributed by atoms with Crippen molar-refractivity contribution >= 4 is 6.15 Å². The van der Waals surface area contributed by atoms with Crippen LogP contribution in [0.2, 0.25) is 0 Å². The van der Waals surface area contributed by atoms with Crippen LogP contribution in [-0.4, -0.2) is 95.4 Å². The number of aliphatic hydroxyl groups excluding tert-OH is 2. The van der Waals surface area contributed by atoms with E-state index in [9.17, 15) is 10.2 Å². The molecular weight excluding hydrogens is 604 g/mol. The Morgan fingerprint density at radius 2 is 1.66 bits per heavy atom. The lowest BCUT2D eigenvalue weighted by Crippen LogP contribution is -2.56. The SMILES string of the molecule is CC[C@H](OC)[C@H](C)[C@H]1O[C@@]2(CC[C@@](C)([C@H]3CC[C@@](CC)([C@@H]4OC([C@H]5O[C@@](C)(CO)[C@H](C)C[C@@H]5C)C[C@@H]4C)O3)O2)C[C@H](O)[C@H]1C.O=C=O. The van der Waals surface area contributed by atoms with Crippen molar-refractivity contribution in [2.45, 2.75) is 185 Å². The first-order chi connectivity index (χ1) is 22.1. The van der Waals surface area contributed by atoms with Gasteiger partial charge in [0.25, 0.3) is 0 Å². The molecule has 47 heavy (non-hydrogen) atoms. The zero-order valence-corrected chi connectivity index (χ0v) is 30.7. The van der Waals surface area contributed by atoms with Gasteiger partial charge in [0, 0.05) is 31.8 Å². The second-order valence-electron chi connectivity index (χ2n) is 16.2. The minimum absolute atomic E-state index is 0.00637. The minimum Gasteiger partial charge on any atom is -0.393 e. The van der Waals surface area contributed by atoms with Gasteiger partial charge in [0.05, 0.1) is 66.1 Å². The van der Waals surface area contributed by atoms with Crippen molar-refractivity contribution < 1.29 is 48.2 Å². The number of aliphatic hydroxyl groups is 2. The molecule has 16 atom stereocenters. The number of ether oxygens (including phenoxy) is 6. The second-order valence-corrected chi connectivity index (χ2v) is 16.2. The lowest BCUT2D eigenvalue weighted by molar-refractivity contribution is -0.335. The first kappa shape index (κ1) is 38.9. The van der Waals surface area contributed by atoms with E-state index in [2.05, 4.69) is 55.4 Å². The monoisotopic (exact) mass is 668 g/mol. The van der Waals surface area contributed by atoms with Crippen LogP contribution in [0.15, 0.2) is 0 Å². The van der Waals surface area contributed by atoms with Crippen LogP contribution in [0, 0.1) is 29.6 Å². The highest BCUT2D eigenvalue weighted by molar-refractivity contribution is 5.20. The van der Waals surface area contributed by atoms with Crippen molar-refractivity contribution in [3.05, 3.63) is 0 Å². The average Bonchev–Trinajstić information content (AvgIpc) is 3.74. The van der Waals surface area contributed by atoms with Gasteiger partial charge in [-0.05, 0) is 76.5 Å². The first-order valence-electron chi connectivity index (χ1n) is 18.3. The molecule has 1 spiro atoms. The normalized spacial score (nSPS) is 49.7. The van der Waals surface area contributed by atoms with Gasteiger partial charge < -0.3 is 38.6 Å². The van der Waals surface area contributed by atoms with Gasteiger partial charge >= 0.3 is 6.15 Å². The maximum Gasteiger partial charge on any atom is 0.373 e. The summed E-state index contributed by atoms with van der Waals surface area (Å²) in [4.78, 5) is 16.2. The number of methoxy groups -OCH3 is 1. The quantitative estimate of drug-likeness (QED) is 0.327. The molecule has 5 aliphatic rings. The van der Waals surface area contributed by atoms with Crippen LogP contribution in [-0.2, 0) is 38.0 Å². The molecule has 5 fully saturated rings. The Hall–Kier alpha value is -0.940. The Labute approximate surface area is 282 Å². The van der Waals surface area contributed by atoms with Gasteiger partial charge in [0.15, 0.2) is 5.79 Å². The van der Waals surface area contributed by atoms with Gasteiger partial charge in [0.1, 0.15) is 0 Å². The van der Waals surface area contributed by atoms with Crippen LogP contribution < -0.4 is 0 Å². The van der Waals surface area contributed by atoms with Crippen LogP contribution in [0.3, 0.4) is 0 Å². The lowest BCUT2D eigenvalue weighted by Gasteiger charge is -2.48. The third-order valence-electron chi connectivity index (χ3n) is 13.1. The summed E-state index contributed by atoms with van der Waals surface area (Å²) in [6.07, 6.45) is 7.20.